The van der Waals surface area contributed by atoms with Crippen molar-refractivity contribution < 1.29 is 19.7 Å². The zero-order valence-electron chi connectivity index (χ0n) is 15.3. The summed E-state index contributed by atoms with van der Waals surface area (Å²) in [5.41, 5.74) is 1.89. The van der Waals surface area contributed by atoms with Gasteiger partial charge in [-0.3, -0.25) is 9.78 Å². The summed E-state index contributed by atoms with van der Waals surface area (Å²) in [5.74, 6) is -0.257. The summed E-state index contributed by atoms with van der Waals surface area (Å²) in [6, 6.07) is 11.1. The summed E-state index contributed by atoms with van der Waals surface area (Å²) in [5, 5.41) is 27.0. The molecule has 0 aliphatic carbocycles. The highest BCUT2D eigenvalue weighted by atomic mass is 35.5. The van der Waals surface area contributed by atoms with Crippen molar-refractivity contribution in [2.24, 2.45) is 0 Å². The Hall–Kier alpha value is -2.03. The Bertz CT molecular complexity index is 777. The van der Waals surface area contributed by atoms with Gasteiger partial charge in [0.1, 0.15) is 12.2 Å². The van der Waals surface area contributed by atoms with Gasteiger partial charge in [0.2, 0.25) is 5.91 Å². The number of amides is 1. The summed E-state index contributed by atoms with van der Waals surface area (Å²) in [4.78, 5) is 16.1. The van der Waals surface area contributed by atoms with E-state index in [4.69, 9.17) is 16.3 Å². The fourth-order valence-corrected chi connectivity index (χ4v) is 3.34. The van der Waals surface area contributed by atoms with Gasteiger partial charge < -0.3 is 25.6 Å². The van der Waals surface area contributed by atoms with Crippen molar-refractivity contribution in [1.82, 2.24) is 15.6 Å². The smallest absolute Gasteiger partial charge is 0.222 e. The first-order chi connectivity index (χ1) is 13.5. The molecule has 7 nitrogen and oxygen atoms in total. The predicted molar refractivity (Wildman–Crippen MR) is 105 cm³/mol. The fourth-order valence-electron chi connectivity index (χ4n) is 3.13. The van der Waals surface area contributed by atoms with Gasteiger partial charge in [0.15, 0.2) is 0 Å². The van der Waals surface area contributed by atoms with Crippen molar-refractivity contribution in [3.63, 3.8) is 0 Å². The third kappa shape index (κ3) is 5.73. The van der Waals surface area contributed by atoms with E-state index in [1.807, 2.05) is 24.3 Å². The van der Waals surface area contributed by atoms with Crippen LogP contribution in [-0.2, 0) is 22.6 Å². The van der Waals surface area contributed by atoms with E-state index in [-0.39, 0.29) is 12.3 Å². The molecule has 1 aliphatic rings. The average molecular weight is 406 g/mol. The second-order valence-corrected chi connectivity index (χ2v) is 7.23. The molecule has 0 bridgehead atoms. The summed E-state index contributed by atoms with van der Waals surface area (Å²) in [7, 11) is 0. The summed E-state index contributed by atoms with van der Waals surface area (Å²) in [6.07, 6.45) is -0.191. The van der Waals surface area contributed by atoms with E-state index in [0.29, 0.717) is 24.7 Å². The molecule has 0 radical (unpaired) electrons. The van der Waals surface area contributed by atoms with Gasteiger partial charge in [0.25, 0.3) is 0 Å². The largest absolute Gasteiger partial charge is 0.388 e. The monoisotopic (exact) mass is 405 g/mol. The first-order valence-electron chi connectivity index (χ1n) is 9.15. The first kappa shape index (κ1) is 20.7. The van der Waals surface area contributed by atoms with Crippen molar-refractivity contribution >= 4 is 17.5 Å². The summed E-state index contributed by atoms with van der Waals surface area (Å²) >= 11 is 5.96. The van der Waals surface area contributed by atoms with Crippen LogP contribution >= 0.6 is 11.6 Å². The van der Waals surface area contributed by atoms with Crippen molar-refractivity contribution in [3.05, 3.63) is 64.9 Å². The lowest BCUT2D eigenvalue weighted by molar-refractivity contribution is -0.125. The Morgan fingerprint density at radius 2 is 1.89 bits per heavy atom. The zero-order valence-corrected chi connectivity index (χ0v) is 16.0. The summed E-state index contributed by atoms with van der Waals surface area (Å²) in [6.45, 7) is 1.25. The van der Waals surface area contributed by atoms with Crippen LogP contribution in [0.2, 0.25) is 5.02 Å². The number of aliphatic hydroxyl groups is 2. The van der Waals surface area contributed by atoms with Crippen molar-refractivity contribution in [1.29, 1.82) is 0 Å². The summed E-state index contributed by atoms with van der Waals surface area (Å²) < 4.78 is 5.71. The number of halogens is 1. The molecule has 1 aromatic carbocycles. The van der Waals surface area contributed by atoms with Gasteiger partial charge in [-0.25, -0.2) is 0 Å². The van der Waals surface area contributed by atoms with E-state index in [1.165, 1.54) is 0 Å². The highest BCUT2D eigenvalue weighted by Crippen LogP contribution is 2.23. The molecule has 0 spiro atoms. The van der Waals surface area contributed by atoms with Crippen LogP contribution in [0, 0.1) is 0 Å². The highest BCUT2D eigenvalue weighted by Gasteiger charge is 2.42. The van der Waals surface area contributed by atoms with Crippen molar-refractivity contribution in [3.8, 4) is 0 Å². The second-order valence-electron chi connectivity index (χ2n) is 6.80. The van der Waals surface area contributed by atoms with Crippen LogP contribution in [-0.4, -0.2) is 52.1 Å². The second kappa shape index (κ2) is 9.95. The van der Waals surface area contributed by atoms with Crippen LogP contribution in [0.4, 0.5) is 0 Å². The highest BCUT2D eigenvalue weighted by molar-refractivity contribution is 6.30. The number of ether oxygens (including phenoxy) is 1. The molecule has 0 unspecified atom stereocenters. The number of aliphatic hydroxyl groups excluding tert-OH is 2. The molecule has 4 atom stereocenters. The Morgan fingerprint density at radius 1 is 1.11 bits per heavy atom. The number of benzene rings is 1. The number of rotatable bonds is 8. The van der Waals surface area contributed by atoms with Crippen LogP contribution in [0.25, 0.3) is 0 Å². The molecule has 4 N–H and O–H groups in total. The molecule has 1 saturated heterocycles. The minimum absolute atomic E-state index is 0.0245. The van der Waals surface area contributed by atoms with E-state index >= 15 is 0 Å². The maximum absolute atomic E-state index is 12.1. The van der Waals surface area contributed by atoms with E-state index in [1.54, 1.807) is 24.5 Å². The molecule has 0 saturated carbocycles. The molecule has 1 aromatic heterocycles. The maximum atomic E-state index is 12.1. The minimum atomic E-state index is -1.11. The van der Waals surface area contributed by atoms with Crippen LogP contribution in [0.3, 0.4) is 0 Å². The minimum Gasteiger partial charge on any atom is -0.388 e. The normalized spacial score (nSPS) is 24.2. The fraction of sp³-hybridized carbons (Fsp3) is 0.400. The van der Waals surface area contributed by atoms with Crippen LogP contribution < -0.4 is 10.6 Å². The van der Waals surface area contributed by atoms with Gasteiger partial charge in [-0.2, -0.15) is 0 Å². The average Bonchev–Trinajstić information content (AvgIpc) is 2.95. The molecule has 1 fully saturated rings. The SMILES string of the molecule is O=C(C[C@@H]1O[C@H](CNCc2cccc(Cl)c2)[C@@H](O)[C@H]1O)NCc1cccnc1. The molecule has 2 heterocycles. The number of hydrogen-bond acceptors (Lipinski definition) is 6. The van der Waals surface area contributed by atoms with Crippen LogP contribution in [0.15, 0.2) is 48.8 Å². The zero-order chi connectivity index (χ0) is 19.9. The molecule has 8 heteroatoms. The quantitative estimate of drug-likeness (QED) is 0.523. The molecule has 150 valence electrons. The van der Waals surface area contributed by atoms with E-state index in [0.717, 1.165) is 11.1 Å². The predicted octanol–water partition coefficient (Wildman–Crippen LogP) is 1.02. The van der Waals surface area contributed by atoms with Crippen molar-refractivity contribution in [2.75, 3.05) is 6.54 Å². The Balaban J connectivity index is 1.43. The molecular weight excluding hydrogens is 382 g/mol. The van der Waals surface area contributed by atoms with Gasteiger partial charge in [-0.15, -0.1) is 0 Å². The van der Waals surface area contributed by atoms with Gasteiger partial charge in [0.05, 0.1) is 18.6 Å². The lowest BCUT2D eigenvalue weighted by Crippen LogP contribution is -2.38. The number of hydrogen-bond donors (Lipinski definition) is 4. The Labute approximate surface area is 168 Å². The Morgan fingerprint density at radius 3 is 2.64 bits per heavy atom. The first-order valence-corrected chi connectivity index (χ1v) is 9.53. The van der Waals surface area contributed by atoms with E-state index in [2.05, 4.69) is 15.6 Å². The number of nitrogens with zero attached hydrogens (tertiary/aromatic N) is 1. The molecule has 1 aliphatic heterocycles. The topological polar surface area (TPSA) is 104 Å². The standard InChI is InChI=1S/C20H24ClN3O4/c21-15-5-1-3-13(7-15)9-23-12-17-20(27)19(26)16(28-17)8-18(25)24-11-14-4-2-6-22-10-14/h1-7,10,16-17,19-20,23,26-27H,8-9,11-12H2,(H,24,25)/t16-,17+,19-,20+/m0/s1. The third-order valence-electron chi connectivity index (χ3n) is 4.62. The van der Waals surface area contributed by atoms with Crippen LogP contribution in [0.1, 0.15) is 17.5 Å². The lowest BCUT2D eigenvalue weighted by Gasteiger charge is -2.15. The Kier molecular flexibility index (Phi) is 7.36. The molecule has 1 amide bonds. The number of carbonyl (C=O) groups is 1. The number of nitrogens with one attached hydrogen (secondary N) is 2. The van der Waals surface area contributed by atoms with Gasteiger partial charge in [-0.05, 0) is 29.3 Å². The molecule has 2 aromatic rings. The van der Waals surface area contributed by atoms with E-state index in [9.17, 15) is 15.0 Å². The third-order valence-corrected chi connectivity index (χ3v) is 4.86. The number of pyridine rings is 1. The van der Waals surface area contributed by atoms with Crippen LogP contribution in [0.5, 0.6) is 0 Å². The van der Waals surface area contributed by atoms with Crippen molar-refractivity contribution in [2.45, 2.75) is 43.9 Å². The van der Waals surface area contributed by atoms with Gasteiger partial charge >= 0.3 is 0 Å². The van der Waals surface area contributed by atoms with Gasteiger partial charge in [-0.1, -0.05) is 29.8 Å². The maximum Gasteiger partial charge on any atom is 0.222 e. The molecule has 28 heavy (non-hydrogen) atoms. The molecule has 3 rings (SSSR count). The molecular formula is C20H24ClN3O4. The van der Waals surface area contributed by atoms with Gasteiger partial charge in [0, 0.05) is 37.1 Å². The number of aromatic nitrogens is 1. The lowest BCUT2D eigenvalue weighted by atomic mass is 10.1. The van der Waals surface area contributed by atoms with E-state index < -0.39 is 24.4 Å². The number of carbonyl (C=O) groups excluding carboxylic acids is 1.